The Labute approximate surface area is 111 Å². The van der Waals surface area contributed by atoms with Crippen molar-refractivity contribution in [1.82, 2.24) is 10.2 Å². The van der Waals surface area contributed by atoms with E-state index in [0.717, 1.165) is 5.76 Å². The second-order valence-electron chi connectivity index (χ2n) is 5.66. The average molecular weight is 250 g/mol. The summed E-state index contributed by atoms with van der Waals surface area (Å²) in [6.45, 7) is 9.22. The Morgan fingerprint density at radius 2 is 2.11 bits per heavy atom. The maximum Gasteiger partial charge on any atom is 0.120 e. The van der Waals surface area contributed by atoms with E-state index in [9.17, 15) is 0 Å². The first kappa shape index (κ1) is 13.6. The van der Waals surface area contributed by atoms with E-state index >= 15 is 0 Å². The molecule has 1 aromatic rings. The fourth-order valence-corrected chi connectivity index (χ4v) is 2.77. The Morgan fingerprint density at radius 1 is 1.28 bits per heavy atom. The second-order valence-corrected chi connectivity index (χ2v) is 5.66. The monoisotopic (exact) mass is 250 g/mol. The number of furan rings is 1. The minimum atomic E-state index is 0.315. The van der Waals surface area contributed by atoms with Gasteiger partial charge in [-0.1, -0.05) is 0 Å². The smallest absolute Gasteiger partial charge is 0.120 e. The van der Waals surface area contributed by atoms with E-state index in [2.05, 4.69) is 37.1 Å². The Kier molecular flexibility index (Phi) is 4.84. The van der Waals surface area contributed by atoms with Crippen LogP contribution in [0.2, 0.25) is 0 Å². The number of likely N-dealkylation sites (tertiary alicyclic amines) is 1. The van der Waals surface area contributed by atoms with Crippen LogP contribution in [0.15, 0.2) is 22.8 Å². The summed E-state index contributed by atoms with van der Waals surface area (Å²) in [4.78, 5) is 2.58. The van der Waals surface area contributed by atoms with Gasteiger partial charge >= 0.3 is 0 Å². The van der Waals surface area contributed by atoms with E-state index < -0.39 is 0 Å². The fourth-order valence-electron chi connectivity index (χ4n) is 2.77. The number of hydrogen-bond acceptors (Lipinski definition) is 3. The average Bonchev–Trinajstić information content (AvgIpc) is 2.77. The van der Waals surface area contributed by atoms with Gasteiger partial charge in [0.05, 0.1) is 12.3 Å². The number of nitrogens with one attached hydrogen (secondary N) is 1. The molecule has 0 aliphatic carbocycles. The van der Waals surface area contributed by atoms with Crippen LogP contribution in [-0.4, -0.2) is 30.1 Å². The molecule has 1 fully saturated rings. The number of rotatable bonds is 4. The summed E-state index contributed by atoms with van der Waals surface area (Å²) in [7, 11) is 0. The molecule has 2 unspecified atom stereocenters. The van der Waals surface area contributed by atoms with Crippen molar-refractivity contribution in [3.05, 3.63) is 24.2 Å². The van der Waals surface area contributed by atoms with Crippen molar-refractivity contribution in [2.75, 3.05) is 13.1 Å². The Bertz CT molecular complexity index is 334. The Hall–Kier alpha value is -0.800. The van der Waals surface area contributed by atoms with Crippen molar-refractivity contribution in [3.63, 3.8) is 0 Å². The summed E-state index contributed by atoms with van der Waals surface area (Å²) in [5.74, 6) is 1.04. The lowest BCUT2D eigenvalue weighted by molar-refractivity contribution is 0.228. The van der Waals surface area contributed by atoms with Crippen LogP contribution in [0.1, 0.15) is 51.8 Å². The first-order valence-electron chi connectivity index (χ1n) is 7.20. The zero-order valence-corrected chi connectivity index (χ0v) is 11.9. The standard InChI is InChI=1S/C15H26N2O/c1-12(2)17-9-4-6-14(8-10-17)16-13(3)15-7-5-11-18-15/h5,7,11-14,16H,4,6,8-10H2,1-3H3. The van der Waals surface area contributed by atoms with E-state index in [0.29, 0.717) is 18.1 Å². The van der Waals surface area contributed by atoms with E-state index in [1.54, 1.807) is 6.26 Å². The van der Waals surface area contributed by atoms with Crippen LogP contribution in [0.3, 0.4) is 0 Å². The van der Waals surface area contributed by atoms with E-state index in [-0.39, 0.29) is 0 Å². The third-order valence-corrected chi connectivity index (χ3v) is 3.95. The zero-order chi connectivity index (χ0) is 13.0. The van der Waals surface area contributed by atoms with Crippen molar-refractivity contribution in [1.29, 1.82) is 0 Å². The van der Waals surface area contributed by atoms with E-state index in [1.165, 1.54) is 32.4 Å². The second kappa shape index (κ2) is 6.39. The summed E-state index contributed by atoms with van der Waals surface area (Å²) in [5, 5.41) is 3.70. The molecule has 0 aromatic carbocycles. The molecular weight excluding hydrogens is 224 g/mol. The van der Waals surface area contributed by atoms with Crippen molar-refractivity contribution in [3.8, 4) is 0 Å². The van der Waals surface area contributed by atoms with Gasteiger partial charge < -0.3 is 14.6 Å². The lowest BCUT2D eigenvalue weighted by Crippen LogP contribution is -2.34. The van der Waals surface area contributed by atoms with Crippen molar-refractivity contribution in [2.45, 2.75) is 58.2 Å². The van der Waals surface area contributed by atoms with Crippen LogP contribution >= 0.6 is 0 Å². The summed E-state index contributed by atoms with van der Waals surface area (Å²) in [6.07, 6.45) is 5.55. The van der Waals surface area contributed by atoms with Gasteiger partial charge in [0.2, 0.25) is 0 Å². The molecule has 0 radical (unpaired) electrons. The van der Waals surface area contributed by atoms with Crippen LogP contribution in [0.25, 0.3) is 0 Å². The van der Waals surface area contributed by atoms with Crippen molar-refractivity contribution >= 4 is 0 Å². The molecule has 3 heteroatoms. The summed E-state index contributed by atoms with van der Waals surface area (Å²) in [5.41, 5.74) is 0. The molecule has 0 bridgehead atoms. The summed E-state index contributed by atoms with van der Waals surface area (Å²) in [6, 6.07) is 5.62. The molecule has 2 rings (SSSR count). The Morgan fingerprint density at radius 3 is 2.78 bits per heavy atom. The third kappa shape index (κ3) is 3.59. The van der Waals surface area contributed by atoms with Crippen molar-refractivity contribution in [2.24, 2.45) is 0 Å². The molecule has 3 nitrogen and oxygen atoms in total. The highest BCUT2D eigenvalue weighted by atomic mass is 16.3. The lowest BCUT2D eigenvalue weighted by Gasteiger charge is -2.25. The topological polar surface area (TPSA) is 28.4 Å². The van der Waals surface area contributed by atoms with Gasteiger partial charge in [-0.25, -0.2) is 0 Å². The van der Waals surface area contributed by atoms with E-state index in [1.807, 2.05) is 6.07 Å². The van der Waals surface area contributed by atoms with Crippen molar-refractivity contribution < 1.29 is 4.42 Å². The van der Waals surface area contributed by atoms with Crippen LogP contribution in [0.5, 0.6) is 0 Å². The molecule has 1 N–H and O–H groups in total. The van der Waals surface area contributed by atoms with Gasteiger partial charge in [-0.05, 0) is 65.3 Å². The van der Waals surface area contributed by atoms with Gasteiger partial charge in [-0.15, -0.1) is 0 Å². The highest BCUT2D eigenvalue weighted by molar-refractivity contribution is 5.03. The van der Waals surface area contributed by atoms with Gasteiger partial charge in [0.15, 0.2) is 0 Å². The molecule has 1 aliphatic rings. The maximum absolute atomic E-state index is 5.45. The van der Waals surface area contributed by atoms with Gasteiger partial charge in [0, 0.05) is 12.1 Å². The molecule has 2 atom stereocenters. The van der Waals surface area contributed by atoms with Gasteiger partial charge in [0.25, 0.3) is 0 Å². The molecule has 18 heavy (non-hydrogen) atoms. The first-order chi connectivity index (χ1) is 8.66. The Balaban J connectivity index is 1.83. The van der Waals surface area contributed by atoms with Crippen LogP contribution in [0, 0.1) is 0 Å². The minimum Gasteiger partial charge on any atom is -0.468 e. The molecule has 102 valence electrons. The first-order valence-corrected chi connectivity index (χ1v) is 7.20. The molecule has 2 heterocycles. The van der Waals surface area contributed by atoms with Crippen LogP contribution in [-0.2, 0) is 0 Å². The fraction of sp³-hybridized carbons (Fsp3) is 0.733. The third-order valence-electron chi connectivity index (χ3n) is 3.95. The number of nitrogens with zero attached hydrogens (tertiary/aromatic N) is 1. The minimum absolute atomic E-state index is 0.315. The molecule has 0 amide bonds. The quantitative estimate of drug-likeness (QED) is 0.889. The molecule has 1 aromatic heterocycles. The number of hydrogen-bond donors (Lipinski definition) is 1. The van der Waals surface area contributed by atoms with Crippen LogP contribution < -0.4 is 5.32 Å². The molecule has 0 saturated carbocycles. The normalized spacial score (nSPS) is 24.1. The highest BCUT2D eigenvalue weighted by Gasteiger charge is 2.20. The maximum atomic E-state index is 5.45. The summed E-state index contributed by atoms with van der Waals surface area (Å²) >= 11 is 0. The zero-order valence-electron chi connectivity index (χ0n) is 11.9. The van der Waals surface area contributed by atoms with Gasteiger partial charge in [0.1, 0.15) is 5.76 Å². The van der Waals surface area contributed by atoms with Gasteiger partial charge in [-0.3, -0.25) is 0 Å². The molecule has 1 saturated heterocycles. The van der Waals surface area contributed by atoms with E-state index in [4.69, 9.17) is 4.42 Å². The predicted octanol–water partition coefficient (Wildman–Crippen LogP) is 3.19. The predicted molar refractivity (Wildman–Crippen MR) is 74.6 cm³/mol. The lowest BCUT2D eigenvalue weighted by atomic mass is 10.1. The van der Waals surface area contributed by atoms with Gasteiger partial charge in [-0.2, -0.15) is 0 Å². The highest BCUT2D eigenvalue weighted by Crippen LogP contribution is 2.18. The van der Waals surface area contributed by atoms with Crippen LogP contribution in [0.4, 0.5) is 0 Å². The molecule has 1 aliphatic heterocycles. The largest absolute Gasteiger partial charge is 0.468 e. The molecule has 0 spiro atoms. The summed E-state index contributed by atoms with van der Waals surface area (Å²) < 4.78 is 5.45. The SMILES string of the molecule is CC(NC1CCCN(C(C)C)CC1)c1ccco1. The molecular formula is C15H26N2O.